The number of hydrogen-bond donors (Lipinski definition) is 1. The number of ether oxygens (including phenoxy) is 2. The van der Waals surface area contributed by atoms with Crippen LogP contribution in [0, 0.1) is 0 Å². The van der Waals surface area contributed by atoms with Crippen LogP contribution in [0.2, 0.25) is 0 Å². The Labute approximate surface area is 137 Å². The lowest BCUT2D eigenvalue weighted by Crippen LogP contribution is -2.50. The highest BCUT2D eigenvalue weighted by Crippen LogP contribution is 2.24. The van der Waals surface area contributed by atoms with E-state index in [4.69, 9.17) is 9.47 Å². The summed E-state index contributed by atoms with van der Waals surface area (Å²) in [4.78, 5) is 23.0. The van der Waals surface area contributed by atoms with Crippen LogP contribution in [0.1, 0.15) is 26.3 Å². The van der Waals surface area contributed by atoms with Crippen molar-refractivity contribution in [2.24, 2.45) is 0 Å². The maximum atomic E-state index is 11.7. The minimum Gasteiger partial charge on any atom is -0.548 e. The molecule has 0 aliphatic carbocycles. The molecule has 0 saturated carbocycles. The molecule has 0 bridgehead atoms. The van der Waals surface area contributed by atoms with Crippen LogP contribution in [0.5, 0.6) is 5.75 Å². The van der Waals surface area contributed by atoms with Crippen LogP contribution in [-0.4, -0.2) is 30.8 Å². The Balaban J connectivity index is 2.87. The van der Waals surface area contributed by atoms with Crippen LogP contribution in [0.4, 0.5) is 4.79 Å². The van der Waals surface area contributed by atoms with Crippen LogP contribution in [0.15, 0.2) is 22.7 Å². The quantitative estimate of drug-likeness (QED) is 0.848. The van der Waals surface area contributed by atoms with E-state index >= 15 is 0 Å². The van der Waals surface area contributed by atoms with Crippen molar-refractivity contribution in [1.29, 1.82) is 0 Å². The molecular weight excluding hydrogens is 354 g/mol. The van der Waals surface area contributed by atoms with Gasteiger partial charge in [-0.05, 0) is 44.5 Å². The Morgan fingerprint density at radius 1 is 1.36 bits per heavy atom. The zero-order valence-electron chi connectivity index (χ0n) is 12.9. The fraction of sp³-hybridized carbons (Fsp3) is 0.467. The highest BCUT2D eigenvalue weighted by Gasteiger charge is 2.21. The van der Waals surface area contributed by atoms with Crippen LogP contribution in [0.25, 0.3) is 0 Å². The molecule has 1 amide bonds. The van der Waals surface area contributed by atoms with Gasteiger partial charge in [0.15, 0.2) is 0 Å². The Morgan fingerprint density at radius 2 is 2.00 bits per heavy atom. The molecule has 7 heteroatoms. The van der Waals surface area contributed by atoms with E-state index in [0.29, 0.717) is 11.3 Å². The SMILES string of the molecule is COc1ccc(Br)cc1C[C@@H](NC(=O)OC(C)(C)C)C(=O)[O-]. The number of carbonyl (C=O) groups is 2. The second-order valence-electron chi connectivity index (χ2n) is 5.68. The third-order valence-corrected chi connectivity index (χ3v) is 3.14. The molecule has 0 aromatic heterocycles. The van der Waals surface area contributed by atoms with Crippen molar-refractivity contribution >= 4 is 28.0 Å². The number of amides is 1. The number of aliphatic carboxylic acids is 1. The van der Waals surface area contributed by atoms with Gasteiger partial charge in [-0.3, -0.25) is 0 Å². The third-order valence-electron chi connectivity index (χ3n) is 2.64. The van der Waals surface area contributed by atoms with Gasteiger partial charge in [0.25, 0.3) is 0 Å². The molecule has 1 aromatic carbocycles. The van der Waals surface area contributed by atoms with Gasteiger partial charge in [0.2, 0.25) is 0 Å². The van der Waals surface area contributed by atoms with Crippen LogP contribution in [0.3, 0.4) is 0 Å². The van der Waals surface area contributed by atoms with Crippen LogP contribution in [-0.2, 0) is 16.0 Å². The molecule has 0 fully saturated rings. The number of methoxy groups -OCH3 is 1. The highest BCUT2D eigenvalue weighted by molar-refractivity contribution is 9.10. The molecule has 1 N–H and O–H groups in total. The molecule has 1 aromatic rings. The number of carboxylic acid groups (broad SMARTS) is 1. The second kappa shape index (κ2) is 7.49. The summed E-state index contributed by atoms with van der Waals surface area (Å²) in [6, 6.07) is 3.99. The molecule has 0 aliphatic heterocycles. The summed E-state index contributed by atoms with van der Waals surface area (Å²) in [6.45, 7) is 5.08. The zero-order chi connectivity index (χ0) is 16.9. The largest absolute Gasteiger partial charge is 0.548 e. The molecule has 1 rings (SSSR count). The number of rotatable bonds is 5. The van der Waals surface area contributed by atoms with Gasteiger partial charge in [0.1, 0.15) is 11.4 Å². The predicted octanol–water partition coefficient (Wildman–Crippen LogP) is 1.64. The topological polar surface area (TPSA) is 87.7 Å². The molecule has 0 aliphatic rings. The van der Waals surface area contributed by atoms with Crippen molar-refractivity contribution in [3.8, 4) is 5.75 Å². The standard InChI is InChI=1S/C15H20BrNO5/c1-15(2,3)22-14(20)17-11(13(18)19)8-9-7-10(16)5-6-12(9)21-4/h5-7,11H,8H2,1-4H3,(H,17,20)(H,18,19)/p-1/t11-/m1/s1. The van der Waals surface area contributed by atoms with E-state index in [2.05, 4.69) is 21.2 Å². The average molecular weight is 373 g/mol. The molecule has 122 valence electrons. The Kier molecular flexibility index (Phi) is 6.22. The Bertz CT molecular complexity index is 553. The summed E-state index contributed by atoms with van der Waals surface area (Å²) in [5.41, 5.74) is -0.0873. The van der Waals surface area contributed by atoms with Crippen molar-refractivity contribution in [3.05, 3.63) is 28.2 Å². The van der Waals surface area contributed by atoms with E-state index in [-0.39, 0.29) is 6.42 Å². The molecule has 0 radical (unpaired) electrons. The first-order valence-electron chi connectivity index (χ1n) is 6.65. The van der Waals surface area contributed by atoms with E-state index in [9.17, 15) is 14.7 Å². The van der Waals surface area contributed by atoms with Crippen LogP contribution < -0.4 is 15.2 Å². The number of carbonyl (C=O) groups excluding carboxylic acids is 2. The molecule has 1 atom stereocenters. The van der Waals surface area contributed by atoms with E-state index < -0.39 is 23.7 Å². The molecule has 0 saturated heterocycles. The molecule has 0 heterocycles. The summed E-state index contributed by atoms with van der Waals surface area (Å²) in [5.74, 6) is -0.867. The maximum Gasteiger partial charge on any atom is 0.408 e. The molecular formula is C15H19BrNO5-. The second-order valence-corrected chi connectivity index (χ2v) is 6.59. The fourth-order valence-electron chi connectivity index (χ4n) is 1.77. The lowest BCUT2D eigenvalue weighted by molar-refractivity contribution is -0.308. The van der Waals surface area contributed by atoms with Crippen LogP contribution >= 0.6 is 15.9 Å². The number of carboxylic acids is 1. The summed E-state index contributed by atoms with van der Waals surface area (Å²) in [5, 5.41) is 13.6. The minimum absolute atomic E-state index is 0.0180. The first-order chi connectivity index (χ1) is 10.1. The lowest BCUT2D eigenvalue weighted by Gasteiger charge is -2.24. The van der Waals surface area contributed by atoms with Crippen molar-refractivity contribution in [2.75, 3.05) is 7.11 Å². The predicted molar refractivity (Wildman–Crippen MR) is 82.6 cm³/mol. The van der Waals surface area contributed by atoms with Crippen molar-refractivity contribution in [3.63, 3.8) is 0 Å². The number of halogens is 1. The molecule has 22 heavy (non-hydrogen) atoms. The van der Waals surface area contributed by atoms with Gasteiger partial charge in [-0.15, -0.1) is 0 Å². The summed E-state index contributed by atoms with van der Waals surface area (Å²) >= 11 is 3.31. The zero-order valence-corrected chi connectivity index (χ0v) is 14.5. The van der Waals surface area contributed by atoms with E-state index in [1.54, 1.807) is 39.0 Å². The fourth-order valence-corrected chi connectivity index (χ4v) is 2.18. The first-order valence-corrected chi connectivity index (χ1v) is 7.44. The maximum absolute atomic E-state index is 11.7. The van der Waals surface area contributed by atoms with Crippen molar-refractivity contribution in [1.82, 2.24) is 5.32 Å². The van der Waals surface area contributed by atoms with Crippen molar-refractivity contribution in [2.45, 2.75) is 38.8 Å². The average Bonchev–Trinajstić information content (AvgIpc) is 2.35. The van der Waals surface area contributed by atoms with Gasteiger partial charge in [-0.25, -0.2) is 4.79 Å². The molecule has 0 unspecified atom stereocenters. The monoisotopic (exact) mass is 372 g/mol. The first kappa shape index (κ1) is 18.3. The molecule has 6 nitrogen and oxygen atoms in total. The lowest BCUT2D eigenvalue weighted by atomic mass is 10.1. The van der Waals surface area contributed by atoms with Gasteiger partial charge in [-0.1, -0.05) is 15.9 Å². The molecule has 0 spiro atoms. The summed E-state index contributed by atoms with van der Waals surface area (Å²) in [7, 11) is 1.49. The summed E-state index contributed by atoms with van der Waals surface area (Å²) in [6.07, 6.45) is -0.792. The van der Waals surface area contributed by atoms with Gasteiger partial charge in [0, 0.05) is 10.9 Å². The Morgan fingerprint density at radius 3 is 2.50 bits per heavy atom. The third kappa shape index (κ3) is 5.93. The smallest absolute Gasteiger partial charge is 0.408 e. The van der Waals surface area contributed by atoms with Gasteiger partial charge in [-0.2, -0.15) is 0 Å². The number of alkyl carbamates (subject to hydrolysis) is 1. The normalized spacial score (nSPS) is 12.4. The van der Waals surface area contributed by atoms with E-state index in [1.165, 1.54) is 7.11 Å². The Hall–Kier alpha value is -1.76. The number of hydrogen-bond acceptors (Lipinski definition) is 5. The minimum atomic E-state index is -1.40. The van der Waals surface area contributed by atoms with Crippen molar-refractivity contribution < 1.29 is 24.2 Å². The number of nitrogens with one attached hydrogen (secondary N) is 1. The number of benzene rings is 1. The van der Waals surface area contributed by atoms with Gasteiger partial charge < -0.3 is 24.7 Å². The van der Waals surface area contributed by atoms with Gasteiger partial charge >= 0.3 is 6.09 Å². The van der Waals surface area contributed by atoms with E-state index in [1.807, 2.05) is 0 Å². The van der Waals surface area contributed by atoms with Gasteiger partial charge in [0.05, 0.1) is 19.1 Å². The highest BCUT2D eigenvalue weighted by atomic mass is 79.9. The summed E-state index contributed by atoms with van der Waals surface area (Å²) < 4.78 is 11.0. The van der Waals surface area contributed by atoms with E-state index in [0.717, 1.165) is 4.47 Å².